The third kappa shape index (κ3) is 8.29. The van der Waals surface area contributed by atoms with Crippen LogP contribution >= 0.6 is 0 Å². The summed E-state index contributed by atoms with van der Waals surface area (Å²) in [5.74, 6) is 0.0924. The highest BCUT2D eigenvalue weighted by Crippen LogP contribution is 2.59. The zero-order chi connectivity index (χ0) is 34.0. The van der Waals surface area contributed by atoms with E-state index >= 15 is 0 Å². The van der Waals surface area contributed by atoms with Gasteiger partial charge in [-0.25, -0.2) is 28.0 Å². The van der Waals surface area contributed by atoms with Crippen LogP contribution in [0.4, 0.5) is 0 Å². The first-order chi connectivity index (χ1) is 22.1. The van der Waals surface area contributed by atoms with Crippen LogP contribution < -0.4 is 23.2 Å². The normalized spacial score (nSPS) is 18.3. The molecule has 0 saturated heterocycles. The average Bonchev–Trinajstić information content (AvgIpc) is 3.66. The third-order valence-corrected chi connectivity index (χ3v) is 12.4. The first-order valence-corrected chi connectivity index (χ1v) is 24.6. The van der Waals surface area contributed by atoms with Crippen LogP contribution in [0.3, 0.4) is 0 Å². The molecule has 11 nitrogen and oxygen atoms in total. The van der Waals surface area contributed by atoms with Gasteiger partial charge >= 0.3 is 0 Å². The van der Waals surface area contributed by atoms with E-state index in [0.717, 1.165) is 31.7 Å². The lowest BCUT2D eigenvalue weighted by molar-refractivity contribution is -2.00. The summed E-state index contributed by atoms with van der Waals surface area (Å²) in [6.07, 6.45) is 7.05. The summed E-state index contributed by atoms with van der Waals surface area (Å²) < 4.78 is 53.3. The van der Waals surface area contributed by atoms with Crippen LogP contribution in [0.25, 0.3) is 0 Å². The number of halogens is 1. The minimum absolute atomic E-state index is 0.0924. The van der Waals surface area contributed by atoms with Gasteiger partial charge in [-0.3, -0.25) is 0 Å². The quantitative estimate of drug-likeness (QED) is 0.123. The zero-order valence-electron chi connectivity index (χ0n) is 28.1. The van der Waals surface area contributed by atoms with E-state index in [1.54, 1.807) is 0 Å². The van der Waals surface area contributed by atoms with Gasteiger partial charge in [0, 0.05) is 65.9 Å². The summed E-state index contributed by atoms with van der Waals surface area (Å²) in [5.41, 5.74) is 6.10. The molecule has 47 heavy (non-hydrogen) atoms. The second-order valence-corrected chi connectivity index (χ2v) is 26.8. The minimum Gasteiger partial charge on any atom is -0.360 e. The highest BCUT2D eigenvalue weighted by atomic mass is 35.7. The molecule has 2 bridgehead atoms. The molecule has 14 heteroatoms. The Balaban J connectivity index is 0.000000807. The molecule has 2 aliphatic heterocycles. The van der Waals surface area contributed by atoms with Gasteiger partial charge < -0.3 is 9.47 Å². The molecule has 2 atom stereocenters. The summed E-state index contributed by atoms with van der Waals surface area (Å²) in [4.78, 5) is 0. The fourth-order valence-electron chi connectivity index (χ4n) is 6.86. The molecule has 0 N–H and O–H groups in total. The highest BCUT2D eigenvalue weighted by Gasteiger charge is 2.61. The number of pyridine rings is 1. The second-order valence-electron chi connectivity index (χ2n) is 14.8. The minimum atomic E-state index is -4.94. The lowest BCUT2D eigenvalue weighted by Gasteiger charge is -2.49. The van der Waals surface area contributed by atoms with Gasteiger partial charge in [-0.2, -0.15) is 14.8 Å². The molecule has 0 spiro atoms. The zero-order valence-corrected chi connectivity index (χ0v) is 30.9. The Morgan fingerprint density at radius 3 is 1.77 bits per heavy atom. The Bertz CT molecular complexity index is 1530. The number of nitrogens with zero attached hydrogens (tertiary/aromatic N) is 5. The van der Waals surface area contributed by atoms with Crippen molar-refractivity contribution in [3.05, 3.63) is 101 Å². The maximum Gasteiger partial charge on any atom is 0.190 e. The van der Waals surface area contributed by atoms with Crippen molar-refractivity contribution in [1.82, 2.24) is 19.6 Å². The number of ether oxygens (including phenoxy) is 2. The largest absolute Gasteiger partial charge is 0.360 e. The van der Waals surface area contributed by atoms with Crippen molar-refractivity contribution in [2.45, 2.75) is 88.6 Å². The summed E-state index contributed by atoms with van der Waals surface area (Å²) >= 11 is 0. The molecule has 4 aromatic rings. The molecule has 0 saturated carbocycles. The fraction of sp³-hybridized carbons (Fsp3) is 0.485. The molecule has 0 amide bonds. The average molecular weight is 700 g/mol. The predicted octanol–water partition coefficient (Wildman–Crippen LogP) is 1.66. The number of benzene rings is 1. The van der Waals surface area contributed by atoms with Crippen molar-refractivity contribution in [1.29, 1.82) is 0 Å². The second kappa shape index (κ2) is 14.0. The van der Waals surface area contributed by atoms with Gasteiger partial charge in [-0.15, -0.1) is 10.2 Å². The first kappa shape index (κ1) is 35.6. The van der Waals surface area contributed by atoms with Crippen molar-refractivity contribution in [2.75, 3.05) is 13.2 Å². The molecule has 254 valence electrons. The van der Waals surface area contributed by atoms with Crippen molar-refractivity contribution >= 4 is 16.1 Å². The Kier molecular flexibility index (Phi) is 10.6. The highest BCUT2D eigenvalue weighted by molar-refractivity contribution is 6.76. The van der Waals surface area contributed by atoms with Gasteiger partial charge in [0.1, 0.15) is 13.5 Å². The smallest absolute Gasteiger partial charge is 0.190 e. The molecular weight excluding hydrogens is 654 g/mol. The molecule has 0 unspecified atom stereocenters. The van der Waals surface area contributed by atoms with Gasteiger partial charge in [0.05, 0.1) is 22.7 Å². The van der Waals surface area contributed by atoms with Gasteiger partial charge in [-0.05, 0) is 29.8 Å². The van der Waals surface area contributed by atoms with E-state index in [4.69, 9.17) is 38.3 Å². The van der Waals surface area contributed by atoms with Crippen molar-refractivity contribution in [2.24, 2.45) is 0 Å². The standard InChI is InChI=1S/C33H46N5O2Si2.ClHO4/c1-41(2,3)21-19-39-24-37-30(14-16-34-37)33(31-15-17-35-38(31)25-40-20-22-42(4,5)6)23-29-26-11-7-8-12-27(26)32(33)28-13-9-10-18-36(28)29;2-1(3,4)5/h7-18,29,32H,19-25H2,1-6H3;(H,2,3,4,5)/q+1;/p-1/t29-,32+;/m1./s1. The SMILES string of the molecule is C[Si](C)(C)CCOCn1nccc1C1(c2ccnn2COCC[Si](C)(C)C)C[C@@H]2c3ccccc3[C@H]1c1cccc[n+]12.[O-][Cl+3]([O-])([O-])[O-]. The molecule has 0 fully saturated rings. The van der Waals surface area contributed by atoms with E-state index in [9.17, 15) is 0 Å². The van der Waals surface area contributed by atoms with E-state index in [1.807, 2.05) is 12.4 Å². The lowest BCUT2D eigenvalue weighted by Crippen LogP contribution is -2.68. The molecule has 1 aromatic carbocycles. The molecule has 5 heterocycles. The van der Waals surface area contributed by atoms with Crippen LogP contribution in [0.15, 0.2) is 73.2 Å². The topological polar surface area (TPSA) is 150 Å². The van der Waals surface area contributed by atoms with Gasteiger partial charge in [0.25, 0.3) is 0 Å². The summed E-state index contributed by atoms with van der Waals surface area (Å²) in [6, 6.07) is 22.5. The number of hydrogen-bond donors (Lipinski definition) is 0. The molecule has 0 radical (unpaired) electrons. The number of rotatable bonds is 12. The molecule has 3 aromatic heterocycles. The first-order valence-electron chi connectivity index (χ1n) is 16.0. The fourth-order valence-corrected chi connectivity index (χ4v) is 8.37. The van der Waals surface area contributed by atoms with Crippen LogP contribution in [0.2, 0.25) is 51.4 Å². The van der Waals surface area contributed by atoms with Crippen LogP contribution in [0.5, 0.6) is 0 Å². The van der Waals surface area contributed by atoms with Crippen LogP contribution in [-0.4, -0.2) is 48.9 Å². The van der Waals surface area contributed by atoms with Gasteiger partial charge in [0.2, 0.25) is 0 Å². The maximum absolute atomic E-state index is 8.49. The Hall–Kier alpha value is -2.73. The van der Waals surface area contributed by atoms with E-state index in [-0.39, 0.29) is 12.0 Å². The summed E-state index contributed by atoms with van der Waals surface area (Å²) in [7, 11) is -7.32. The molecule has 1 aliphatic carbocycles. The molecule has 3 aliphatic rings. The Morgan fingerprint density at radius 2 is 1.26 bits per heavy atom. The number of aromatic nitrogens is 5. The van der Waals surface area contributed by atoms with Gasteiger partial charge in [0.15, 0.2) is 17.9 Å². The monoisotopic (exact) mass is 699 g/mol. The predicted molar refractivity (Wildman–Crippen MR) is 171 cm³/mol. The van der Waals surface area contributed by atoms with Crippen LogP contribution in [-0.2, 0) is 28.4 Å². The lowest BCUT2D eigenvalue weighted by atomic mass is 9.55. The number of hydrogen-bond acceptors (Lipinski definition) is 8. The van der Waals surface area contributed by atoms with Crippen LogP contribution in [0, 0.1) is 10.2 Å². The van der Waals surface area contributed by atoms with Gasteiger partial charge in [-0.1, -0.05) is 69.6 Å². The van der Waals surface area contributed by atoms with E-state index in [2.05, 4.69) is 114 Å². The van der Waals surface area contributed by atoms with Crippen molar-refractivity contribution in [3.8, 4) is 0 Å². The van der Waals surface area contributed by atoms with E-state index < -0.39 is 31.8 Å². The maximum atomic E-state index is 8.49. The number of fused-ring (bicyclic) bond motifs is 1. The summed E-state index contributed by atoms with van der Waals surface area (Å²) in [6.45, 7) is 16.8. The van der Waals surface area contributed by atoms with Crippen molar-refractivity contribution < 1.29 is 42.9 Å². The Morgan fingerprint density at radius 1 is 0.766 bits per heavy atom. The van der Waals surface area contributed by atoms with Crippen LogP contribution in [0.1, 0.15) is 46.6 Å². The summed E-state index contributed by atoms with van der Waals surface area (Å²) in [5, 5.41) is 9.70. The van der Waals surface area contributed by atoms with Crippen molar-refractivity contribution in [3.63, 3.8) is 0 Å². The molecular formula is C33H46ClN5O6Si2. The Labute approximate surface area is 281 Å². The third-order valence-electron chi connectivity index (χ3n) is 9.00. The molecule has 7 rings (SSSR count). The van der Waals surface area contributed by atoms with E-state index in [0.29, 0.717) is 13.5 Å². The van der Waals surface area contributed by atoms with E-state index in [1.165, 1.54) is 28.2 Å².